The topological polar surface area (TPSA) is 54.6 Å². The first-order chi connectivity index (χ1) is 11.1. The summed E-state index contributed by atoms with van der Waals surface area (Å²) < 4.78 is 10.6. The molecule has 0 spiro atoms. The largest absolute Gasteiger partial charge is 0.383 e. The molecule has 0 aromatic carbocycles. The van der Waals surface area contributed by atoms with Gasteiger partial charge in [-0.25, -0.2) is 0 Å². The first kappa shape index (κ1) is 16.9. The predicted octanol–water partition coefficient (Wildman–Crippen LogP) is 1.81. The highest BCUT2D eigenvalue weighted by Gasteiger charge is 2.34. The third-order valence-electron chi connectivity index (χ3n) is 4.94. The van der Waals surface area contributed by atoms with E-state index in [2.05, 4.69) is 33.8 Å². The molecule has 2 atom stereocenters. The Kier molecular flexibility index (Phi) is 5.67. The van der Waals surface area contributed by atoms with Crippen molar-refractivity contribution in [3.8, 4) is 0 Å². The van der Waals surface area contributed by atoms with Gasteiger partial charge in [0.05, 0.1) is 13.2 Å². The number of hydrogen-bond donors (Lipinski definition) is 0. The fourth-order valence-electron chi connectivity index (χ4n) is 3.87. The highest BCUT2D eigenvalue weighted by Crippen LogP contribution is 2.28. The van der Waals surface area contributed by atoms with Crippen LogP contribution < -0.4 is 0 Å². The molecule has 3 saturated heterocycles. The van der Waals surface area contributed by atoms with E-state index < -0.39 is 0 Å². The van der Waals surface area contributed by atoms with Crippen molar-refractivity contribution in [2.24, 2.45) is 11.8 Å². The minimum atomic E-state index is 0.548. The molecule has 0 aliphatic carbocycles. The van der Waals surface area contributed by atoms with Gasteiger partial charge in [0.15, 0.2) is 5.82 Å². The smallest absolute Gasteiger partial charge is 0.226 e. The van der Waals surface area contributed by atoms with Gasteiger partial charge in [-0.2, -0.15) is 4.98 Å². The lowest BCUT2D eigenvalue weighted by molar-refractivity contribution is 0.0866. The molecular formula is C17H30N4O2. The second-order valence-corrected chi connectivity index (χ2v) is 7.48. The molecule has 3 aliphatic heterocycles. The van der Waals surface area contributed by atoms with Crippen molar-refractivity contribution >= 4 is 0 Å². The van der Waals surface area contributed by atoms with E-state index in [-0.39, 0.29) is 0 Å². The summed E-state index contributed by atoms with van der Waals surface area (Å²) in [5, 5.41) is 4.17. The van der Waals surface area contributed by atoms with Crippen molar-refractivity contribution in [1.29, 1.82) is 0 Å². The van der Waals surface area contributed by atoms with Crippen molar-refractivity contribution in [3.05, 3.63) is 11.7 Å². The molecule has 6 nitrogen and oxygen atoms in total. The molecular weight excluding hydrogens is 292 g/mol. The summed E-state index contributed by atoms with van der Waals surface area (Å²) in [6, 6.07) is 0.644. The Bertz CT molecular complexity index is 491. The summed E-state index contributed by atoms with van der Waals surface area (Å²) in [7, 11) is 1.79. The number of fused-ring (bicyclic) bond motifs is 4. The van der Waals surface area contributed by atoms with Crippen LogP contribution in [0.15, 0.2) is 4.52 Å². The van der Waals surface area contributed by atoms with Crippen LogP contribution in [0.4, 0.5) is 0 Å². The minimum Gasteiger partial charge on any atom is -0.383 e. The normalized spacial score (nSPS) is 26.1. The lowest BCUT2D eigenvalue weighted by Crippen LogP contribution is -2.45. The number of aromatic nitrogens is 2. The molecule has 3 aliphatic rings. The van der Waals surface area contributed by atoms with Crippen LogP contribution in [0.5, 0.6) is 0 Å². The Balaban J connectivity index is 1.58. The van der Waals surface area contributed by atoms with Crippen LogP contribution in [0.2, 0.25) is 0 Å². The van der Waals surface area contributed by atoms with Gasteiger partial charge in [-0.05, 0) is 24.7 Å². The van der Waals surface area contributed by atoms with Gasteiger partial charge in [-0.1, -0.05) is 19.0 Å². The molecule has 23 heavy (non-hydrogen) atoms. The monoisotopic (exact) mass is 322 g/mol. The molecule has 0 saturated carbocycles. The second kappa shape index (κ2) is 7.73. The van der Waals surface area contributed by atoms with Gasteiger partial charge < -0.3 is 9.26 Å². The van der Waals surface area contributed by atoms with Crippen LogP contribution in [-0.4, -0.2) is 65.9 Å². The summed E-state index contributed by atoms with van der Waals surface area (Å²) in [6.07, 6.45) is 3.51. The highest BCUT2D eigenvalue weighted by atomic mass is 16.5. The van der Waals surface area contributed by atoms with Crippen LogP contribution in [0.1, 0.15) is 38.4 Å². The molecule has 0 radical (unpaired) electrons. The van der Waals surface area contributed by atoms with Gasteiger partial charge >= 0.3 is 0 Å². The maximum Gasteiger partial charge on any atom is 0.226 e. The molecule has 6 heteroatoms. The van der Waals surface area contributed by atoms with Crippen LogP contribution in [-0.2, 0) is 17.7 Å². The SMILES string of the molecule is COCCN1C[C@H]2CC[C@@H]1CN(Cc1noc(CC(C)C)n1)C2. The lowest BCUT2D eigenvalue weighted by Gasteiger charge is -2.35. The number of piperidine rings is 1. The molecule has 4 rings (SSSR count). The van der Waals surface area contributed by atoms with Crippen LogP contribution in [0.25, 0.3) is 0 Å². The van der Waals surface area contributed by atoms with Crippen molar-refractivity contribution in [2.75, 3.05) is 39.9 Å². The quantitative estimate of drug-likeness (QED) is 0.763. The number of rotatable bonds is 7. The molecule has 0 N–H and O–H groups in total. The third kappa shape index (κ3) is 4.52. The zero-order valence-corrected chi connectivity index (χ0v) is 14.7. The summed E-state index contributed by atoms with van der Waals surface area (Å²) >= 11 is 0. The van der Waals surface area contributed by atoms with Gasteiger partial charge in [0, 0.05) is 45.8 Å². The van der Waals surface area contributed by atoms with E-state index in [1.54, 1.807) is 7.11 Å². The van der Waals surface area contributed by atoms with Gasteiger partial charge in [0.2, 0.25) is 5.89 Å². The number of nitrogens with zero attached hydrogens (tertiary/aromatic N) is 4. The fourth-order valence-corrected chi connectivity index (χ4v) is 3.87. The maximum atomic E-state index is 5.38. The van der Waals surface area contributed by atoms with E-state index in [1.165, 1.54) is 19.4 Å². The Hall–Kier alpha value is -0.980. The molecule has 2 bridgehead atoms. The molecule has 130 valence electrons. The van der Waals surface area contributed by atoms with E-state index in [9.17, 15) is 0 Å². The Labute approximate surface area is 139 Å². The Morgan fingerprint density at radius 2 is 2.13 bits per heavy atom. The zero-order chi connectivity index (χ0) is 16.2. The average Bonchev–Trinajstić information content (AvgIpc) is 2.75. The van der Waals surface area contributed by atoms with Gasteiger partial charge in [0.25, 0.3) is 0 Å². The number of ether oxygens (including phenoxy) is 1. The minimum absolute atomic E-state index is 0.548. The number of methoxy groups -OCH3 is 1. The van der Waals surface area contributed by atoms with Crippen molar-refractivity contribution in [2.45, 2.75) is 45.7 Å². The predicted molar refractivity (Wildman–Crippen MR) is 88.1 cm³/mol. The summed E-state index contributed by atoms with van der Waals surface area (Å²) in [4.78, 5) is 9.68. The fraction of sp³-hybridized carbons (Fsp3) is 0.882. The third-order valence-corrected chi connectivity index (χ3v) is 4.94. The van der Waals surface area contributed by atoms with Crippen molar-refractivity contribution in [3.63, 3.8) is 0 Å². The van der Waals surface area contributed by atoms with Gasteiger partial charge in [-0.15, -0.1) is 0 Å². The highest BCUT2D eigenvalue weighted by molar-refractivity contribution is 4.93. The molecule has 0 unspecified atom stereocenters. The maximum absolute atomic E-state index is 5.38. The van der Waals surface area contributed by atoms with Crippen molar-refractivity contribution in [1.82, 2.24) is 19.9 Å². The summed E-state index contributed by atoms with van der Waals surface area (Å²) in [6.45, 7) is 10.5. The van der Waals surface area contributed by atoms with Crippen LogP contribution in [0.3, 0.4) is 0 Å². The Morgan fingerprint density at radius 3 is 2.91 bits per heavy atom. The van der Waals surface area contributed by atoms with Crippen molar-refractivity contribution < 1.29 is 9.26 Å². The van der Waals surface area contributed by atoms with Gasteiger partial charge in [-0.3, -0.25) is 9.80 Å². The molecule has 1 aromatic heterocycles. The van der Waals surface area contributed by atoms with E-state index >= 15 is 0 Å². The van der Waals surface area contributed by atoms with E-state index in [4.69, 9.17) is 9.26 Å². The first-order valence-electron chi connectivity index (χ1n) is 8.91. The van der Waals surface area contributed by atoms with E-state index in [0.29, 0.717) is 12.0 Å². The average molecular weight is 322 g/mol. The molecule has 4 heterocycles. The molecule has 3 fully saturated rings. The summed E-state index contributed by atoms with van der Waals surface area (Å²) in [5.41, 5.74) is 0. The molecule has 1 aromatic rings. The Morgan fingerprint density at radius 1 is 1.26 bits per heavy atom. The van der Waals surface area contributed by atoms with E-state index in [0.717, 1.165) is 56.8 Å². The molecule has 0 amide bonds. The lowest BCUT2D eigenvalue weighted by atomic mass is 9.95. The van der Waals surface area contributed by atoms with Crippen LogP contribution in [0, 0.1) is 11.8 Å². The van der Waals surface area contributed by atoms with E-state index in [1.807, 2.05) is 0 Å². The zero-order valence-electron chi connectivity index (χ0n) is 14.7. The number of hydrogen-bond acceptors (Lipinski definition) is 6. The van der Waals surface area contributed by atoms with Gasteiger partial charge in [0.1, 0.15) is 0 Å². The first-order valence-corrected chi connectivity index (χ1v) is 8.91. The summed E-state index contributed by atoms with van der Waals surface area (Å²) in [5.74, 6) is 2.92. The standard InChI is InChI=1S/C17H30N4O2/c1-13(2)8-17-18-16(19-23-17)12-20-9-14-4-5-15(11-20)21(10-14)6-7-22-3/h13-15H,4-12H2,1-3H3/t14-,15+/m0/s1. The second-order valence-electron chi connectivity index (χ2n) is 7.48. The van der Waals surface area contributed by atoms with Crippen LogP contribution >= 0.6 is 0 Å².